The van der Waals surface area contributed by atoms with Gasteiger partial charge in [0.2, 0.25) is 5.91 Å². The minimum Gasteiger partial charge on any atom is -0.445 e. The van der Waals surface area contributed by atoms with Crippen molar-refractivity contribution in [1.29, 1.82) is 0 Å². The third-order valence-corrected chi connectivity index (χ3v) is 6.03. The second-order valence-corrected chi connectivity index (χ2v) is 8.24. The first kappa shape index (κ1) is 20.8. The minimum atomic E-state index is -0.524. The molecule has 0 spiro atoms. The topological polar surface area (TPSA) is 74.4 Å². The number of aromatic nitrogens is 1. The van der Waals surface area contributed by atoms with E-state index in [4.69, 9.17) is 4.74 Å². The number of H-pyrrole nitrogens is 1. The van der Waals surface area contributed by atoms with Gasteiger partial charge >= 0.3 is 6.09 Å². The lowest BCUT2D eigenvalue weighted by Gasteiger charge is -2.23. The van der Waals surface area contributed by atoms with Gasteiger partial charge in [0.25, 0.3) is 0 Å². The zero-order valence-electron chi connectivity index (χ0n) is 18.2. The fourth-order valence-corrected chi connectivity index (χ4v) is 4.26. The molecule has 0 bridgehead atoms. The lowest BCUT2D eigenvalue weighted by atomic mass is 10.0. The van der Waals surface area contributed by atoms with E-state index in [0.717, 1.165) is 34.0 Å². The fraction of sp³-hybridized carbons (Fsp3) is 0.185. The smallest absolute Gasteiger partial charge is 0.410 e. The Hall–Kier alpha value is -4.06. The molecule has 1 fully saturated rings. The summed E-state index contributed by atoms with van der Waals surface area (Å²) in [6.07, 6.45) is 2.88. The molecule has 2 N–H and O–H groups in total. The summed E-state index contributed by atoms with van der Waals surface area (Å²) in [5, 5.41) is 4.11. The molecule has 0 saturated carbocycles. The normalized spacial score (nSPS) is 15.5. The third kappa shape index (κ3) is 4.60. The molecular formula is C27H25N3O3. The zero-order chi connectivity index (χ0) is 22.6. The maximum atomic E-state index is 12.9. The number of fused-ring (bicyclic) bond motifs is 1. The van der Waals surface area contributed by atoms with Crippen molar-refractivity contribution in [1.82, 2.24) is 9.88 Å². The van der Waals surface area contributed by atoms with Gasteiger partial charge in [0, 0.05) is 23.9 Å². The van der Waals surface area contributed by atoms with Crippen LogP contribution in [0.1, 0.15) is 18.4 Å². The largest absolute Gasteiger partial charge is 0.445 e. The number of rotatable bonds is 5. The number of carbonyl (C=O) groups is 2. The van der Waals surface area contributed by atoms with Gasteiger partial charge in [0.05, 0.1) is 0 Å². The number of carbonyl (C=O) groups excluding carboxylic acids is 2. The Balaban J connectivity index is 1.21. The average Bonchev–Trinajstić information content (AvgIpc) is 3.53. The van der Waals surface area contributed by atoms with Gasteiger partial charge in [-0.1, -0.05) is 48.5 Å². The van der Waals surface area contributed by atoms with Gasteiger partial charge in [-0.15, -0.1) is 0 Å². The molecule has 5 rings (SSSR count). The standard InChI is InChI=1S/C27H25N3O3/c31-26(25-7-4-16-30(25)27(32)33-18-19-5-2-1-3-6-19)29-23-11-8-20(9-12-23)21-10-13-24-22(17-21)14-15-28-24/h1-3,5-6,8-15,17,25,28H,4,7,16,18H2,(H,29,31). The minimum absolute atomic E-state index is 0.189. The molecule has 1 aromatic heterocycles. The van der Waals surface area contributed by atoms with Crippen LogP contribution in [0.5, 0.6) is 0 Å². The lowest BCUT2D eigenvalue weighted by molar-refractivity contribution is -0.120. The van der Waals surface area contributed by atoms with Crippen molar-refractivity contribution in [3.8, 4) is 11.1 Å². The van der Waals surface area contributed by atoms with Crippen LogP contribution in [-0.4, -0.2) is 34.5 Å². The first-order valence-corrected chi connectivity index (χ1v) is 11.1. The Morgan fingerprint density at radius 2 is 1.76 bits per heavy atom. The van der Waals surface area contributed by atoms with Gasteiger partial charge < -0.3 is 15.0 Å². The van der Waals surface area contributed by atoms with E-state index in [2.05, 4.69) is 28.5 Å². The number of aromatic amines is 1. The predicted octanol–water partition coefficient (Wildman–Crippen LogP) is 5.57. The maximum absolute atomic E-state index is 12.9. The van der Waals surface area contributed by atoms with E-state index < -0.39 is 12.1 Å². The average molecular weight is 440 g/mol. The number of nitrogens with zero attached hydrogens (tertiary/aromatic N) is 1. The fourth-order valence-electron chi connectivity index (χ4n) is 4.26. The van der Waals surface area contributed by atoms with Crippen LogP contribution in [-0.2, 0) is 16.1 Å². The summed E-state index contributed by atoms with van der Waals surface area (Å²) in [4.78, 5) is 30.2. The van der Waals surface area contributed by atoms with Gasteiger partial charge in [-0.3, -0.25) is 9.69 Å². The highest BCUT2D eigenvalue weighted by molar-refractivity contribution is 5.97. The highest BCUT2D eigenvalue weighted by atomic mass is 16.6. The van der Waals surface area contributed by atoms with E-state index in [1.54, 1.807) is 0 Å². The van der Waals surface area contributed by atoms with Crippen LogP contribution in [0, 0.1) is 0 Å². The van der Waals surface area contributed by atoms with Crippen LogP contribution in [0.4, 0.5) is 10.5 Å². The predicted molar refractivity (Wildman–Crippen MR) is 129 cm³/mol. The summed E-state index contributed by atoms with van der Waals surface area (Å²) in [5.74, 6) is -0.189. The van der Waals surface area contributed by atoms with Crippen molar-refractivity contribution >= 4 is 28.6 Å². The van der Waals surface area contributed by atoms with E-state index in [9.17, 15) is 9.59 Å². The van der Waals surface area contributed by atoms with Crippen LogP contribution < -0.4 is 5.32 Å². The van der Waals surface area contributed by atoms with Crippen molar-refractivity contribution in [3.05, 3.63) is 90.6 Å². The highest BCUT2D eigenvalue weighted by Crippen LogP contribution is 2.26. The van der Waals surface area contributed by atoms with Crippen LogP contribution in [0.3, 0.4) is 0 Å². The van der Waals surface area contributed by atoms with Crippen LogP contribution >= 0.6 is 0 Å². The molecule has 1 atom stereocenters. The molecule has 1 aliphatic rings. The molecule has 1 saturated heterocycles. The van der Waals surface area contributed by atoms with Gasteiger partial charge in [0.1, 0.15) is 12.6 Å². The van der Waals surface area contributed by atoms with Crippen LogP contribution in [0.25, 0.3) is 22.0 Å². The Labute approximate surface area is 192 Å². The zero-order valence-corrected chi connectivity index (χ0v) is 18.2. The number of ether oxygens (including phenoxy) is 1. The first-order chi connectivity index (χ1) is 16.2. The van der Waals surface area contributed by atoms with E-state index in [1.807, 2.05) is 66.9 Å². The van der Waals surface area contributed by atoms with Crippen LogP contribution in [0.2, 0.25) is 0 Å². The molecule has 166 valence electrons. The monoisotopic (exact) mass is 439 g/mol. The lowest BCUT2D eigenvalue weighted by Crippen LogP contribution is -2.43. The first-order valence-electron chi connectivity index (χ1n) is 11.1. The summed E-state index contributed by atoms with van der Waals surface area (Å²) < 4.78 is 5.44. The molecule has 2 heterocycles. The molecule has 0 radical (unpaired) electrons. The number of likely N-dealkylation sites (tertiary alicyclic amines) is 1. The maximum Gasteiger partial charge on any atom is 0.410 e. The van der Waals surface area contributed by atoms with Crippen molar-refractivity contribution in [2.24, 2.45) is 0 Å². The molecule has 33 heavy (non-hydrogen) atoms. The molecule has 6 heteroatoms. The number of nitrogens with one attached hydrogen (secondary N) is 2. The summed E-state index contributed by atoms with van der Waals surface area (Å²) >= 11 is 0. The molecule has 1 aliphatic heterocycles. The van der Waals surface area contributed by atoms with E-state index in [-0.39, 0.29) is 12.5 Å². The second-order valence-electron chi connectivity index (χ2n) is 8.24. The summed E-state index contributed by atoms with van der Waals surface area (Å²) in [6, 6.07) is 25.1. The van der Waals surface area contributed by atoms with Gasteiger partial charge in [-0.05, 0) is 65.3 Å². The molecule has 6 nitrogen and oxygen atoms in total. The van der Waals surface area contributed by atoms with E-state index in [0.29, 0.717) is 18.7 Å². The summed E-state index contributed by atoms with van der Waals surface area (Å²) in [7, 11) is 0. The van der Waals surface area contributed by atoms with Crippen molar-refractivity contribution in [2.75, 3.05) is 11.9 Å². The number of benzene rings is 3. The van der Waals surface area contributed by atoms with Crippen LogP contribution in [0.15, 0.2) is 85.1 Å². The quantitative estimate of drug-likeness (QED) is 0.427. The Bertz CT molecular complexity index is 1260. The number of anilines is 1. The Morgan fingerprint density at radius 1 is 0.970 bits per heavy atom. The van der Waals surface area contributed by atoms with Crippen molar-refractivity contribution in [3.63, 3.8) is 0 Å². The SMILES string of the molecule is O=C(Nc1ccc(-c2ccc3[nH]ccc3c2)cc1)C1CCCN1C(=O)OCc1ccccc1. The molecule has 2 amide bonds. The van der Waals surface area contributed by atoms with E-state index >= 15 is 0 Å². The summed E-state index contributed by atoms with van der Waals surface area (Å²) in [6.45, 7) is 0.715. The Morgan fingerprint density at radius 3 is 2.58 bits per heavy atom. The summed E-state index contributed by atoms with van der Waals surface area (Å²) in [5.41, 5.74) is 4.91. The third-order valence-electron chi connectivity index (χ3n) is 6.03. The molecule has 0 aliphatic carbocycles. The molecular weight excluding hydrogens is 414 g/mol. The van der Waals surface area contributed by atoms with E-state index in [1.165, 1.54) is 4.90 Å². The molecule has 1 unspecified atom stereocenters. The molecule has 4 aromatic rings. The second kappa shape index (κ2) is 9.20. The Kier molecular flexibility index (Phi) is 5.81. The van der Waals surface area contributed by atoms with Gasteiger partial charge in [0.15, 0.2) is 0 Å². The van der Waals surface area contributed by atoms with Gasteiger partial charge in [-0.2, -0.15) is 0 Å². The number of hydrogen-bond acceptors (Lipinski definition) is 3. The molecule has 3 aromatic carbocycles. The van der Waals surface area contributed by atoms with Gasteiger partial charge in [-0.25, -0.2) is 4.79 Å². The highest BCUT2D eigenvalue weighted by Gasteiger charge is 2.35. The number of hydrogen-bond donors (Lipinski definition) is 2. The van der Waals surface area contributed by atoms with Crippen molar-refractivity contribution < 1.29 is 14.3 Å². The number of amides is 2. The van der Waals surface area contributed by atoms with Crippen molar-refractivity contribution in [2.45, 2.75) is 25.5 Å².